The summed E-state index contributed by atoms with van der Waals surface area (Å²) >= 11 is 0. The molecule has 2 aliphatic rings. The minimum Gasteiger partial charge on any atom is -0.390 e. The second kappa shape index (κ2) is 3.97. The van der Waals surface area contributed by atoms with Gasteiger partial charge in [-0.1, -0.05) is 19.3 Å². The van der Waals surface area contributed by atoms with E-state index in [0.717, 1.165) is 25.9 Å². The van der Waals surface area contributed by atoms with E-state index in [4.69, 9.17) is 0 Å². The molecule has 1 aliphatic heterocycles. The molecule has 0 amide bonds. The lowest BCUT2D eigenvalue weighted by molar-refractivity contribution is -0.0588. The quantitative estimate of drug-likeness (QED) is 0.648. The van der Waals surface area contributed by atoms with Crippen molar-refractivity contribution in [3.63, 3.8) is 0 Å². The molecule has 1 saturated heterocycles. The Labute approximate surface area is 80.7 Å². The van der Waals surface area contributed by atoms with Gasteiger partial charge in [0.2, 0.25) is 0 Å². The standard InChI is InChI=1S/C11H21NO/c13-11(6-2-1-3-7-11)10-4-8-12-9-5-10/h10,12-13H,1-9H2. The highest BCUT2D eigenvalue weighted by molar-refractivity contribution is 4.91. The van der Waals surface area contributed by atoms with Crippen molar-refractivity contribution in [2.45, 2.75) is 50.5 Å². The molecule has 0 bridgehead atoms. The second-order valence-corrected chi connectivity index (χ2v) is 4.69. The number of hydrogen-bond acceptors (Lipinski definition) is 2. The average Bonchev–Trinajstić information content (AvgIpc) is 2.20. The fourth-order valence-electron chi connectivity index (χ4n) is 2.93. The molecule has 2 N–H and O–H groups in total. The van der Waals surface area contributed by atoms with Crippen molar-refractivity contribution in [3.8, 4) is 0 Å². The van der Waals surface area contributed by atoms with E-state index in [2.05, 4.69) is 5.32 Å². The Balaban J connectivity index is 1.94. The van der Waals surface area contributed by atoms with Crippen LogP contribution in [0, 0.1) is 5.92 Å². The topological polar surface area (TPSA) is 32.3 Å². The summed E-state index contributed by atoms with van der Waals surface area (Å²) in [5.41, 5.74) is -0.291. The van der Waals surface area contributed by atoms with Crippen LogP contribution in [-0.4, -0.2) is 23.8 Å². The first-order valence-corrected chi connectivity index (χ1v) is 5.74. The number of piperidine rings is 1. The summed E-state index contributed by atoms with van der Waals surface area (Å²) in [7, 11) is 0. The summed E-state index contributed by atoms with van der Waals surface area (Å²) in [6, 6.07) is 0. The van der Waals surface area contributed by atoms with Gasteiger partial charge in [-0.3, -0.25) is 0 Å². The minimum absolute atomic E-state index is 0.291. The van der Waals surface area contributed by atoms with Gasteiger partial charge in [-0.25, -0.2) is 0 Å². The van der Waals surface area contributed by atoms with Gasteiger partial charge >= 0.3 is 0 Å². The van der Waals surface area contributed by atoms with Crippen LogP contribution in [0.15, 0.2) is 0 Å². The highest BCUT2D eigenvalue weighted by atomic mass is 16.3. The molecule has 2 rings (SSSR count). The number of aliphatic hydroxyl groups is 1. The van der Waals surface area contributed by atoms with E-state index in [1.165, 1.54) is 32.1 Å². The van der Waals surface area contributed by atoms with Gasteiger partial charge in [0.25, 0.3) is 0 Å². The first-order chi connectivity index (χ1) is 6.31. The summed E-state index contributed by atoms with van der Waals surface area (Å²) in [4.78, 5) is 0. The molecule has 0 aromatic heterocycles. The maximum absolute atomic E-state index is 10.5. The van der Waals surface area contributed by atoms with Crippen molar-refractivity contribution in [2.75, 3.05) is 13.1 Å². The molecule has 13 heavy (non-hydrogen) atoms. The van der Waals surface area contributed by atoms with Crippen LogP contribution in [0.5, 0.6) is 0 Å². The summed E-state index contributed by atoms with van der Waals surface area (Å²) in [5.74, 6) is 0.578. The first kappa shape index (κ1) is 9.47. The molecule has 0 radical (unpaired) electrons. The first-order valence-electron chi connectivity index (χ1n) is 5.74. The average molecular weight is 183 g/mol. The summed E-state index contributed by atoms with van der Waals surface area (Å²) in [6.45, 7) is 2.21. The van der Waals surface area contributed by atoms with E-state index >= 15 is 0 Å². The van der Waals surface area contributed by atoms with Crippen LogP contribution < -0.4 is 5.32 Å². The third-order valence-electron chi connectivity index (χ3n) is 3.82. The summed E-state index contributed by atoms with van der Waals surface area (Å²) in [5, 5.41) is 13.8. The van der Waals surface area contributed by atoms with Gasteiger partial charge in [-0.15, -0.1) is 0 Å². The van der Waals surface area contributed by atoms with Gasteiger partial charge in [0.05, 0.1) is 5.60 Å². The zero-order valence-electron chi connectivity index (χ0n) is 8.39. The van der Waals surface area contributed by atoms with Crippen LogP contribution >= 0.6 is 0 Å². The Morgan fingerprint density at radius 2 is 1.62 bits per heavy atom. The number of hydrogen-bond donors (Lipinski definition) is 2. The van der Waals surface area contributed by atoms with Gasteiger partial charge < -0.3 is 10.4 Å². The minimum atomic E-state index is -0.291. The fraction of sp³-hybridized carbons (Fsp3) is 1.00. The van der Waals surface area contributed by atoms with Crippen molar-refractivity contribution >= 4 is 0 Å². The fourth-order valence-corrected chi connectivity index (χ4v) is 2.93. The molecule has 76 valence electrons. The van der Waals surface area contributed by atoms with Gasteiger partial charge in [0.1, 0.15) is 0 Å². The SMILES string of the molecule is OC1(C2CCNCC2)CCCCC1. The molecule has 0 aromatic rings. The Bertz CT molecular complexity index is 157. The molecular formula is C11H21NO. The van der Waals surface area contributed by atoms with Crippen molar-refractivity contribution < 1.29 is 5.11 Å². The van der Waals surface area contributed by atoms with Crippen molar-refractivity contribution in [1.82, 2.24) is 5.32 Å². The van der Waals surface area contributed by atoms with Crippen LogP contribution in [-0.2, 0) is 0 Å². The molecule has 2 heteroatoms. The Morgan fingerprint density at radius 3 is 2.23 bits per heavy atom. The van der Waals surface area contributed by atoms with E-state index in [0.29, 0.717) is 5.92 Å². The Kier molecular flexibility index (Phi) is 2.89. The zero-order chi connectivity index (χ0) is 9.15. The molecule has 0 atom stereocenters. The van der Waals surface area contributed by atoms with E-state index in [9.17, 15) is 5.11 Å². The third-order valence-corrected chi connectivity index (χ3v) is 3.82. The highest BCUT2D eigenvalue weighted by Crippen LogP contribution is 2.38. The number of nitrogens with one attached hydrogen (secondary N) is 1. The normalized spacial score (nSPS) is 30.2. The lowest BCUT2D eigenvalue weighted by atomic mass is 9.72. The third kappa shape index (κ3) is 2.05. The predicted octanol–water partition coefficient (Wildman–Crippen LogP) is 1.68. The molecule has 0 spiro atoms. The van der Waals surface area contributed by atoms with E-state index in [-0.39, 0.29) is 5.60 Å². The molecular weight excluding hydrogens is 162 g/mol. The van der Waals surface area contributed by atoms with E-state index < -0.39 is 0 Å². The molecule has 1 aliphatic carbocycles. The maximum Gasteiger partial charge on any atom is 0.0676 e. The van der Waals surface area contributed by atoms with Gasteiger partial charge in [0, 0.05) is 0 Å². The van der Waals surface area contributed by atoms with Crippen molar-refractivity contribution in [3.05, 3.63) is 0 Å². The Morgan fingerprint density at radius 1 is 1.00 bits per heavy atom. The van der Waals surface area contributed by atoms with Gasteiger partial charge in [-0.05, 0) is 44.7 Å². The van der Waals surface area contributed by atoms with Crippen LogP contribution in [0.2, 0.25) is 0 Å². The van der Waals surface area contributed by atoms with Crippen LogP contribution in [0.3, 0.4) is 0 Å². The van der Waals surface area contributed by atoms with E-state index in [1.807, 2.05) is 0 Å². The van der Waals surface area contributed by atoms with Crippen LogP contribution in [0.25, 0.3) is 0 Å². The summed E-state index contributed by atoms with van der Waals surface area (Å²) < 4.78 is 0. The predicted molar refractivity (Wildman–Crippen MR) is 53.6 cm³/mol. The van der Waals surface area contributed by atoms with E-state index in [1.54, 1.807) is 0 Å². The van der Waals surface area contributed by atoms with Crippen molar-refractivity contribution in [2.24, 2.45) is 5.92 Å². The maximum atomic E-state index is 10.5. The second-order valence-electron chi connectivity index (χ2n) is 4.69. The zero-order valence-corrected chi connectivity index (χ0v) is 8.39. The monoisotopic (exact) mass is 183 g/mol. The molecule has 1 heterocycles. The molecule has 0 unspecified atom stereocenters. The van der Waals surface area contributed by atoms with Crippen LogP contribution in [0.1, 0.15) is 44.9 Å². The number of rotatable bonds is 1. The largest absolute Gasteiger partial charge is 0.390 e. The van der Waals surface area contributed by atoms with Gasteiger partial charge in [0.15, 0.2) is 0 Å². The lowest BCUT2D eigenvalue weighted by Crippen LogP contribution is -2.45. The van der Waals surface area contributed by atoms with Crippen LogP contribution in [0.4, 0.5) is 0 Å². The Hall–Kier alpha value is -0.0800. The molecule has 2 fully saturated rings. The summed E-state index contributed by atoms with van der Waals surface area (Å²) in [6.07, 6.45) is 8.26. The lowest BCUT2D eigenvalue weighted by Gasteiger charge is -2.41. The van der Waals surface area contributed by atoms with Crippen molar-refractivity contribution in [1.29, 1.82) is 0 Å². The van der Waals surface area contributed by atoms with Gasteiger partial charge in [-0.2, -0.15) is 0 Å². The molecule has 2 nitrogen and oxygen atoms in total. The smallest absolute Gasteiger partial charge is 0.0676 e. The molecule has 1 saturated carbocycles. The highest BCUT2D eigenvalue weighted by Gasteiger charge is 2.37. The molecule has 0 aromatic carbocycles.